The monoisotopic (exact) mass is 406 g/mol. The molecule has 5 heteroatoms. The third-order valence-corrected chi connectivity index (χ3v) is 6.37. The lowest BCUT2D eigenvalue weighted by atomic mass is 10.1. The normalized spacial score (nSPS) is 18.0. The molecule has 2 fully saturated rings. The minimum atomic E-state index is -0.0224. The van der Waals surface area contributed by atoms with Crippen molar-refractivity contribution >= 4 is 17.3 Å². The van der Waals surface area contributed by atoms with E-state index in [1.807, 2.05) is 25.1 Å². The second kappa shape index (κ2) is 9.63. The van der Waals surface area contributed by atoms with Gasteiger partial charge in [0.15, 0.2) is 0 Å². The van der Waals surface area contributed by atoms with Gasteiger partial charge in [0.25, 0.3) is 5.91 Å². The molecule has 2 aromatic rings. The number of benzene rings is 2. The van der Waals surface area contributed by atoms with Crippen LogP contribution in [0.15, 0.2) is 42.5 Å². The first-order valence-corrected chi connectivity index (χ1v) is 11.3. The number of nitrogens with one attached hydrogen (secondary N) is 1. The highest BCUT2D eigenvalue weighted by Gasteiger charge is 2.20. The maximum atomic E-state index is 13.0. The number of hydrogen-bond acceptors (Lipinski definition) is 4. The topological polar surface area (TPSA) is 38.8 Å². The van der Waals surface area contributed by atoms with Crippen molar-refractivity contribution in [3.63, 3.8) is 0 Å². The number of aryl methyl sites for hydroxylation is 1. The fourth-order valence-corrected chi connectivity index (χ4v) is 4.38. The highest BCUT2D eigenvalue weighted by atomic mass is 16.1. The van der Waals surface area contributed by atoms with E-state index in [2.05, 4.69) is 51.3 Å². The quantitative estimate of drug-likeness (QED) is 0.795. The number of rotatable bonds is 6. The third-order valence-electron chi connectivity index (χ3n) is 6.37. The van der Waals surface area contributed by atoms with Crippen LogP contribution >= 0.6 is 0 Å². The predicted molar refractivity (Wildman–Crippen MR) is 125 cm³/mol. The molecular weight excluding hydrogens is 372 g/mol. The molecular formula is C25H34N4O. The van der Waals surface area contributed by atoms with E-state index >= 15 is 0 Å². The minimum Gasteiger partial charge on any atom is -0.371 e. The summed E-state index contributed by atoms with van der Waals surface area (Å²) in [7, 11) is 2.19. The highest BCUT2D eigenvalue weighted by molar-refractivity contribution is 6.08. The van der Waals surface area contributed by atoms with E-state index in [9.17, 15) is 4.79 Å². The van der Waals surface area contributed by atoms with Crippen LogP contribution in [0.25, 0.3) is 0 Å². The zero-order valence-electron chi connectivity index (χ0n) is 18.4. The van der Waals surface area contributed by atoms with Crippen molar-refractivity contribution in [1.29, 1.82) is 0 Å². The Kier molecular flexibility index (Phi) is 6.70. The van der Waals surface area contributed by atoms with Gasteiger partial charge < -0.3 is 20.0 Å². The molecule has 0 saturated carbocycles. The van der Waals surface area contributed by atoms with Gasteiger partial charge in [-0.1, -0.05) is 23.8 Å². The zero-order chi connectivity index (χ0) is 20.9. The summed E-state index contributed by atoms with van der Waals surface area (Å²) in [5.74, 6) is -0.0224. The Morgan fingerprint density at radius 3 is 2.33 bits per heavy atom. The first-order chi connectivity index (χ1) is 14.6. The van der Waals surface area contributed by atoms with E-state index in [0.717, 1.165) is 74.7 Å². The van der Waals surface area contributed by atoms with E-state index in [0.29, 0.717) is 0 Å². The Bertz CT molecular complexity index is 850. The predicted octanol–water partition coefficient (Wildman–Crippen LogP) is 3.64. The number of anilines is 2. The van der Waals surface area contributed by atoms with Crippen LogP contribution in [0.1, 0.15) is 34.3 Å². The maximum Gasteiger partial charge on any atom is 0.257 e. The van der Waals surface area contributed by atoms with Crippen molar-refractivity contribution in [2.45, 2.75) is 26.2 Å². The van der Waals surface area contributed by atoms with Gasteiger partial charge >= 0.3 is 0 Å². The van der Waals surface area contributed by atoms with E-state index < -0.39 is 0 Å². The fourth-order valence-electron chi connectivity index (χ4n) is 4.38. The van der Waals surface area contributed by atoms with E-state index in [-0.39, 0.29) is 5.91 Å². The molecule has 2 saturated heterocycles. The molecule has 2 heterocycles. The summed E-state index contributed by atoms with van der Waals surface area (Å²) in [5.41, 5.74) is 5.12. The minimum absolute atomic E-state index is 0.0224. The Balaban J connectivity index is 1.36. The molecule has 2 aliphatic rings. The van der Waals surface area contributed by atoms with Crippen molar-refractivity contribution in [2.24, 2.45) is 0 Å². The lowest BCUT2D eigenvalue weighted by molar-refractivity contribution is 0.102. The van der Waals surface area contributed by atoms with Gasteiger partial charge in [-0.25, -0.2) is 0 Å². The molecule has 0 atom stereocenters. The van der Waals surface area contributed by atoms with Crippen molar-refractivity contribution in [1.82, 2.24) is 9.80 Å². The van der Waals surface area contributed by atoms with Gasteiger partial charge in [0.1, 0.15) is 0 Å². The molecule has 0 bridgehead atoms. The summed E-state index contributed by atoms with van der Waals surface area (Å²) in [6.45, 7) is 9.83. The number of hydrogen-bond donors (Lipinski definition) is 1. The van der Waals surface area contributed by atoms with Gasteiger partial charge in [-0.15, -0.1) is 0 Å². The molecule has 1 amide bonds. The smallest absolute Gasteiger partial charge is 0.257 e. The molecule has 30 heavy (non-hydrogen) atoms. The average Bonchev–Trinajstić information content (AvgIpc) is 3.29. The van der Waals surface area contributed by atoms with Gasteiger partial charge in [-0.05, 0) is 63.1 Å². The summed E-state index contributed by atoms with van der Waals surface area (Å²) in [5, 5.41) is 3.11. The highest BCUT2D eigenvalue weighted by Crippen LogP contribution is 2.26. The second-order valence-electron chi connectivity index (χ2n) is 8.76. The van der Waals surface area contributed by atoms with Crippen molar-refractivity contribution in [3.8, 4) is 0 Å². The van der Waals surface area contributed by atoms with Crippen LogP contribution in [0.2, 0.25) is 0 Å². The van der Waals surface area contributed by atoms with Crippen molar-refractivity contribution in [2.75, 3.05) is 63.1 Å². The maximum absolute atomic E-state index is 13.0. The molecule has 0 aliphatic carbocycles. The number of likely N-dealkylation sites (N-methyl/N-ethyl adjacent to an activating group) is 1. The average molecular weight is 407 g/mol. The van der Waals surface area contributed by atoms with Crippen LogP contribution in [0, 0.1) is 6.92 Å². The number of carbonyl (C=O) groups is 1. The Morgan fingerprint density at radius 1 is 0.933 bits per heavy atom. The molecule has 2 aliphatic heterocycles. The standard InChI is InChI=1S/C25H34N4O/c1-20-5-10-24(29-12-3-4-13-29)23(19-20)25(30)26-22-8-6-21(7-9-22)11-14-28-17-15-27(2)16-18-28/h5-10,19H,3-4,11-18H2,1-2H3,(H,26,30). The molecule has 4 rings (SSSR count). The first-order valence-electron chi connectivity index (χ1n) is 11.3. The molecule has 0 aromatic heterocycles. The van der Waals surface area contributed by atoms with E-state index in [4.69, 9.17) is 0 Å². The summed E-state index contributed by atoms with van der Waals surface area (Å²) in [6.07, 6.45) is 3.45. The molecule has 1 N–H and O–H groups in total. The number of carbonyl (C=O) groups excluding carboxylic acids is 1. The van der Waals surface area contributed by atoms with Crippen LogP contribution in [-0.2, 0) is 6.42 Å². The number of piperazine rings is 1. The molecule has 2 aromatic carbocycles. The lowest BCUT2D eigenvalue weighted by Gasteiger charge is -2.32. The van der Waals surface area contributed by atoms with Crippen LogP contribution < -0.4 is 10.2 Å². The molecule has 160 valence electrons. The fraction of sp³-hybridized carbons (Fsp3) is 0.480. The molecule has 0 unspecified atom stereocenters. The Morgan fingerprint density at radius 2 is 1.63 bits per heavy atom. The van der Waals surface area contributed by atoms with Gasteiger partial charge in [0, 0.05) is 57.2 Å². The van der Waals surface area contributed by atoms with Crippen LogP contribution in [-0.4, -0.2) is 68.6 Å². The third kappa shape index (κ3) is 5.21. The number of nitrogens with zero attached hydrogens (tertiary/aromatic N) is 3. The number of amides is 1. The summed E-state index contributed by atoms with van der Waals surface area (Å²) < 4.78 is 0. The van der Waals surface area contributed by atoms with Gasteiger partial charge in [-0.3, -0.25) is 4.79 Å². The Labute approximate surface area is 180 Å². The van der Waals surface area contributed by atoms with E-state index in [1.165, 1.54) is 18.4 Å². The molecule has 0 spiro atoms. The van der Waals surface area contributed by atoms with Gasteiger partial charge in [-0.2, -0.15) is 0 Å². The SMILES string of the molecule is Cc1ccc(N2CCCC2)c(C(=O)Nc2ccc(CCN3CCN(C)CC3)cc2)c1. The zero-order valence-corrected chi connectivity index (χ0v) is 18.4. The van der Waals surface area contributed by atoms with Crippen molar-refractivity contribution < 1.29 is 4.79 Å². The molecule has 5 nitrogen and oxygen atoms in total. The van der Waals surface area contributed by atoms with Crippen LogP contribution in [0.4, 0.5) is 11.4 Å². The van der Waals surface area contributed by atoms with Gasteiger partial charge in [0.05, 0.1) is 5.56 Å². The summed E-state index contributed by atoms with van der Waals surface area (Å²) in [6, 6.07) is 14.5. The molecule has 0 radical (unpaired) electrons. The van der Waals surface area contributed by atoms with Crippen LogP contribution in [0.5, 0.6) is 0 Å². The van der Waals surface area contributed by atoms with Gasteiger partial charge in [0.2, 0.25) is 0 Å². The largest absolute Gasteiger partial charge is 0.371 e. The second-order valence-corrected chi connectivity index (χ2v) is 8.76. The van der Waals surface area contributed by atoms with Crippen LogP contribution in [0.3, 0.4) is 0 Å². The summed E-state index contributed by atoms with van der Waals surface area (Å²) >= 11 is 0. The summed E-state index contributed by atoms with van der Waals surface area (Å²) in [4.78, 5) is 20.3. The lowest BCUT2D eigenvalue weighted by Crippen LogP contribution is -2.45. The first kappa shape index (κ1) is 20.9. The van der Waals surface area contributed by atoms with Crippen molar-refractivity contribution in [3.05, 3.63) is 59.2 Å². The van der Waals surface area contributed by atoms with E-state index in [1.54, 1.807) is 0 Å². The Hall–Kier alpha value is -2.37.